The first-order chi connectivity index (χ1) is 16.4. The summed E-state index contributed by atoms with van der Waals surface area (Å²) in [5.74, 6) is 0.168. The number of esters is 1. The molecular formula is C28H28N2O4. The molecule has 1 aliphatic heterocycles. The quantitative estimate of drug-likeness (QED) is 0.476. The molecule has 3 aromatic carbocycles. The van der Waals surface area contributed by atoms with Crippen LogP contribution in [-0.4, -0.2) is 12.0 Å². The van der Waals surface area contributed by atoms with Crippen molar-refractivity contribution in [3.05, 3.63) is 112 Å². The summed E-state index contributed by atoms with van der Waals surface area (Å²) in [4.78, 5) is 25.3. The van der Waals surface area contributed by atoms with Crippen molar-refractivity contribution in [2.45, 2.75) is 40.0 Å². The number of carbonyl (C=O) groups is 2. The molecule has 2 N–H and O–H groups in total. The van der Waals surface area contributed by atoms with Crippen molar-refractivity contribution in [1.82, 2.24) is 10.6 Å². The Hall–Kier alpha value is -4.06. The third kappa shape index (κ3) is 5.46. The molecule has 0 saturated carbocycles. The molecule has 0 aromatic heterocycles. The van der Waals surface area contributed by atoms with Crippen molar-refractivity contribution in [3.63, 3.8) is 0 Å². The van der Waals surface area contributed by atoms with Gasteiger partial charge in [0.2, 0.25) is 0 Å². The van der Waals surface area contributed by atoms with E-state index in [1.165, 1.54) is 5.56 Å². The lowest BCUT2D eigenvalue weighted by Crippen LogP contribution is -2.45. The average Bonchev–Trinajstić information content (AvgIpc) is 2.83. The highest BCUT2D eigenvalue weighted by molar-refractivity contribution is 5.95. The zero-order valence-electron chi connectivity index (χ0n) is 19.6. The highest BCUT2D eigenvalue weighted by atomic mass is 16.5. The highest BCUT2D eigenvalue weighted by Crippen LogP contribution is 2.30. The van der Waals surface area contributed by atoms with Gasteiger partial charge in [-0.15, -0.1) is 0 Å². The molecule has 4 rings (SSSR count). The average molecular weight is 457 g/mol. The number of hydrogen-bond donors (Lipinski definition) is 2. The summed E-state index contributed by atoms with van der Waals surface area (Å²) in [5.41, 5.74) is 5.90. The van der Waals surface area contributed by atoms with Gasteiger partial charge >= 0.3 is 12.0 Å². The Morgan fingerprint density at radius 2 is 1.71 bits per heavy atom. The summed E-state index contributed by atoms with van der Waals surface area (Å²) in [7, 11) is 0. The minimum atomic E-state index is -0.652. The smallest absolute Gasteiger partial charge is 0.338 e. The van der Waals surface area contributed by atoms with E-state index >= 15 is 0 Å². The van der Waals surface area contributed by atoms with E-state index in [0.29, 0.717) is 23.6 Å². The molecule has 1 aliphatic rings. The van der Waals surface area contributed by atoms with Crippen molar-refractivity contribution in [2.24, 2.45) is 0 Å². The number of amides is 2. The van der Waals surface area contributed by atoms with Gasteiger partial charge in [0, 0.05) is 5.70 Å². The molecule has 1 unspecified atom stereocenters. The maximum atomic E-state index is 13.0. The van der Waals surface area contributed by atoms with Crippen molar-refractivity contribution in [2.75, 3.05) is 0 Å². The van der Waals surface area contributed by atoms with Crippen LogP contribution in [0.15, 0.2) is 84.1 Å². The summed E-state index contributed by atoms with van der Waals surface area (Å²) >= 11 is 0. The number of nitrogens with one attached hydrogen (secondary N) is 2. The summed E-state index contributed by atoms with van der Waals surface area (Å²) in [6.45, 7) is 6.38. The van der Waals surface area contributed by atoms with Crippen LogP contribution < -0.4 is 15.4 Å². The molecule has 174 valence electrons. The SMILES string of the molecule is CC1=C(C(=O)OCc2ccccc2)C(c2cccc(OCc3cc(C)ccc3C)c2)NC(=O)N1. The number of hydrogen-bond acceptors (Lipinski definition) is 4. The van der Waals surface area contributed by atoms with Gasteiger partial charge in [-0.1, -0.05) is 66.2 Å². The Morgan fingerprint density at radius 1 is 0.912 bits per heavy atom. The Balaban J connectivity index is 1.53. The number of benzene rings is 3. The van der Waals surface area contributed by atoms with Crippen molar-refractivity contribution in [1.29, 1.82) is 0 Å². The molecule has 3 aromatic rings. The Morgan fingerprint density at radius 3 is 2.50 bits per heavy atom. The number of rotatable bonds is 7. The fraction of sp³-hybridized carbons (Fsp3) is 0.214. The zero-order chi connectivity index (χ0) is 24.1. The van der Waals surface area contributed by atoms with Crippen LogP contribution in [0.4, 0.5) is 4.79 Å². The lowest BCUT2D eigenvalue weighted by molar-refractivity contribution is -0.140. The first-order valence-electron chi connectivity index (χ1n) is 11.2. The van der Waals surface area contributed by atoms with Crippen LogP contribution in [0.3, 0.4) is 0 Å². The maximum Gasteiger partial charge on any atom is 0.338 e. The molecule has 0 saturated heterocycles. The zero-order valence-corrected chi connectivity index (χ0v) is 19.6. The molecule has 2 amide bonds. The molecule has 1 heterocycles. The molecule has 1 atom stereocenters. The molecule has 0 fully saturated rings. The van der Waals surface area contributed by atoms with E-state index in [1.807, 2.05) is 54.6 Å². The number of ether oxygens (including phenoxy) is 2. The van der Waals surface area contributed by atoms with Gasteiger partial charge in [-0.25, -0.2) is 9.59 Å². The topological polar surface area (TPSA) is 76.7 Å². The van der Waals surface area contributed by atoms with E-state index in [1.54, 1.807) is 6.92 Å². The standard InChI is InChI=1S/C28H28N2O4/c1-18-12-13-19(2)23(14-18)17-33-24-11-7-10-22(15-24)26-25(20(3)29-28(32)30-26)27(31)34-16-21-8-5-4-6-9-21/h4-15,26H,16-17H2,1-3H3,(H2,29,30,32). The lowest BCUT2D eigenvalue weighted by Gasteiger charge is -2.28. The minimum absolute atomic E-state index is 0.149. The van der Waals surface area contributed by atoms with Gasteiger partial charge in [0.25, 0.3) is 0 Å². The third-order valence-electron chi connectivity index (χ3n) is 5.79. The van der Waals surface area contributed by atoms with Crippen LogP contribution in [0.2, 0.25) is 0 Å². The third-order valence-corrected chi connectivity index (χ3v) is 5.79. The van der Waals surface area contributed by atoms with E-state index in [4.69, 9.17) is 9.47 Å². The van der Waals surface area contributed by atoms with Crippen LogP contribution in [0.1, 0.15) is 40.8 Å². The van der Waals surface area contributed by atoms with Gasteiger partial charge in [-0.05, 0) is 55.2 Å². The van der Waals surface area contributed by atoms with Crippen LogP contribution >= 0.6 is 0 Å². The second-order valence-electron chi connectivity index (χ2n) is 8.42. The van der Waals surface area contributed by atoms with Crippen molar-refractivity contribution < 1.29 is 19.1 Å². The van der Waals surface area contributed by atoms with Crippen LogP contribution in [0.5, 0.6) is 5.75 Å². The molecule has 34 heavy (non-hydrogen) atoms. The number of carbonyl (C=O) groups excluding carboxylic acids is 2. The van der Waals surface area contributed by atoms with Crippen molar-refractivity contribution >= 4 is 12.0 Å². The summed E-state index contributed by atoms with van der Waals surface area (Å²) < 4.78 is 11.6. The second kappa shape index (κ2) is 10.3. The Labute approximate surface area is 199 Å². The monoisotopic (exact) mass is 456 g/mol. The van der Waals surface area contributed by atoms with Gasteiger partial charge in [0.05, 0.1) is 11.6 Å². The highest BCUT2D eigenvalue weighted by Gasteiger charge is 2.32. The van der Waals surface area contributed by atoms with Crippen LogP contribution in [-0.2, 0) is 22.7 Å². The summed E-state index contributed by atoms with van der Waals surface area (Å²) in [6.07, 6.45) is 0. The molecule has 0 spiro atoms. The molecule has 0 aliphatic carbocycles. The van der Waals surface area contributed by atoms with E-state index in [2.05, 4.69) is 42.7 Å². The fourth-order valence-electron chi connectivity index (χ4n) is 3.92. The van der Waals surface area contributed by atoms with Crippen LogP contribution in [0, 0.1) is 13.8 Å². The molecule has 0 bridgehead atoms. The van der Waals surface area contributed by atoms with E-state index < -0.39 is 12.0 Å². The first kappa shape index (κ1) is 23.1. The molecular weight excluding hydrogens is 428 g/mol. The number of allylic oxidation sites excluding steroid dienone is 1. The number of aryl methyl sites for hydroxylation is 2. The summed E-state index contributed by atoms with van der Waals surface area (Å²) in [6, 6.07) is 22.1. The molecule has 6 heteroatoms. The number of urea groups is 1. The van der Waals surface area contributed by atoms with Crippen LogP contribution in [0.25, 0.3) is 0 Å². The van der Waals surface area contributed by atoms with Gasteiger partial charge in [0.1, 0.15) is 19.0 Å². The second-order valence-corrected chi connectivity index (χ2v) is 8.42. The Bertz CT molecular complexity index is 1230. The minimum Gasteiger partial charge on any atom is -0.489 e. The van der Waals surface area contributed by atoms with Crippen molar-refractivity contribution in [3.8, 4) is 5.75 Å². The normalized spacial score (nSPS) is 15.4. The van der Waals surface area contributed by atoms with Gasteiger partial charge in [-0.3, -0.25) is 0 Å². The predicted octanol–water partition coefficient (Wildman–Crippen LogP) is 5.25. The van der Waals surface area contributed by atoms with Gasteiger partial charge in [0.15, 0.2) is 0 Å². The Kier molecular flexibility index (Phi) is 6.97. The van der Waals surface area contributed by atoms with Gasteiger partial charge < -0.3 is 20.1 Å². The van der Waals surface area contributed by atoms with E-state index in [-0.39, 0.29) is 12.6 Å². The van der Waals surface area contributed by atoms with Gasteiger partial charge in [-0.2, -0.15) is 0 Å². The maximum absolute atomic E-state index is 13.0. The van der Waals surface area contributed by atoms with E-state index in [0.717, 1.165) is 22.3 Å². The lowest BCUT2D eigenvalue weighted by atomic mass is 9.95. The predicted molar refractivity (Wildman–Crippen MR) is 130 cm³/mol. The van der Waals surface area contributed by atoms with E-state index in [9.17, 15) is 9.59 Å². The largest absolute Gasteiger partial charge is 0.489 e. The fourth-order valence-corrected chi connectivity index (χ4v) is 3.92. The molecule has 6 nitrogen and oxygen atoms in total. The first-order valence-corrected chi connectivity index (χ1v) is 11.2. The molecule has 0 radical (unpaired) electrons. The summed E-state index contributed by atoms with van der Waals surface area (Å²) in [5, 5.41) is 5.52.